The van der Waals surface area contributed by atoms with Crippen LogP contribution in [0.5, 0.6) is 11.5 Å². The number of carboxylic acids is 1. The normalized spacial score (nSPS) is 10.3. The van der Waals surface area contributed by atoms with E-state index in [0.717, 1.165) is 16.9 Å². The molecule has 0 saturated heterocycles. The standard InChI is InChI=1S/C21H25NO5/c1-16-6-3-4-7-19(16)26-13-5-8-20(23)22(2)14-17-9-11-18(12-10-17)27-15-21(24)25/h3-4,6-7,9-12H,5,8,13-15H2,1-2H3,(H,24,25). The van der Waals surface area contributed by atoms with E-state index in [4.69, 9.17) is 14.6 Å². The van der Waals surface area contributed by atoms with Gasteiger partial charge in [0.1, 0.15) is 11.5 Å². The van der Waals surface area contributed by atoms with Crippen LogP contribution >= 0.6 is 0 Å². The van der Waals surface area contributed by atoms with E-state index in [2.05, 4.69) is 0 Å². The molecule has 0 aromatic heterocycles. The molecule has 6 nitrogen and oxygen atoms in total. The molecule has 0 atom stereocenters. The number of ether oxygens (including phenoxy) is 2. The number of carbonyl (C=O) groups excluding carboxylic acids is 1. The average Bonchev–Trinajstić information content (AvgIpc) is 2.65. The first-order chi connectivity index (χ1) is 13.0. The van der Waals surface area contributed by atoms with Crippen LogP contribution in [0.4, 0.5) is 0 Å². The van der Waals surface area contributed by atoms with Crippen molar-refractivity contribution in [1.29, 1.82) is 0 Å². The number of hydrogen-bond acceptors (Lipinski definition) is 4. The predicted molar refractivity (Wildman–Crippen MR) is 102 cm³/mol. The zero-order chi connectivity index (χ0) is 19.6. The maximum Gasteiger partial charge on any atom is 0.341 e. The molecule has 2 aromatic carbocycles. The van der Waals surface area contributed by atoms with Gasteiger partial charge in [0.05, 0.1) is 6.61 Å². The number of amides is 1. The van der Waals surface area contributed by atoms with E-state index in [0.29, 0.717) is 31.7 Å². The topological polar surface area (TPSA) is 76.1 Å². The van der Waals surface area contributed by atoms with E-state index in [9.17, 15) is 9.59 Å². The molecule has 2 rings (SSSR count). The maximum atomic E-state index is 12.3. The Labute approximate surface area is 159 Å². The predicted octanol–water partition coefficient (Wildman–Crippen LogP) is 3.28. The average molecular weight is 371 g/mol. The van der Waals surface area contributed by atoms with Gasteiger partial charge < -0.3 is 19.5 Å². The number of nitrogens with zero attached hydrogens (tertiary/aromatic N) is 1. The lowest BCUT2D eigenvalue weighted by atomic mass is 10.2. The van der Waals surface area contributed by atoms with E-state index >= 15 is 0 Å². The first kappa shape index (κ1) is 20.3. The fourth-order valence-corrected chi connectivity index (χ4v) is 2.51. The molecule has 2 aromatic rings. The van der Waals surface area contributed by atoms with Gasteiger partial charge in [0.25, 0.3) is 0 Å². The molecular formula is C21H25NO5. The summed E-state index contributed by atoms with van der Waals surface area (Å²) in [7, 11) is 1.76. The molecule has 1 amide bonds. The zero-order valence-electron chi connectivity index (χ0n) is 15.7. The van der Waals surface area contributed by atoms with Crippen LogP contribution in [-0.4, -0.2) is 42.1 Å². The third-order valence-corrected chi connectivity index (χ3v) is 4.02. The molecule has 27 heavy (non-hydrogen) atoms. The third kappa shape index (κ3) is 7.01. The molecule has 6 heteroatoms. The Morgan fingerprint density at radius 3 is 2.41 bits per heavy atom. The van der Waals surface area contributed by atoms with Gasteiger partial charge in [-0.1, -0.05) is 30.3 Å². The maximum absolute atomic E-state index is 12.3. The van der Waals surface area contributed by atoms with Crippen LogP contribution in [0.15, 0.2) is 48.5 Å². The monoisotopic (exact) mass is 371 g/mol. The van der Waals surface area contributed by atoms with Crippen molar-refractivity contribution in [2.75, 3.05) is 20.3 Å². The Bertz CT molecular complexity index is 757. The molecule has 0 aliphatic carbocycles. The lowest BCUT2D eigenvalue weighted by Gasteiger charge is -2.18. The van der Waals surface area contributed by atoms with Gasteiger partial charge in [0, 0.05) is 20.0 Å². The van der Waals surface area contributed by atoms with Crippen molar-refractivity contribution in [1.82, 2.24) is 4.90 Å². The molecule has 0 aliphatic rings. The number of hydrogen-bond donors (Lipinski definition) is 1. The summed E-state index contributed by atoms with van der Waals surface area (Å²) in [5.41, 5.74) is 2.03. The highest BCUT2D eigenvalue weighted by atomic mass is 16.5. The van der Waals surface area contributed by atoms with Crippen LogP contribution in [-0.2, 0) is 16.1 Å². The summed E-state index contributed by atoms with van der Waals surface area (Å²) in [6.07, 6.45) is 1.07. The number of para-hydroxylation sites is 1. The highest BCUT2D eigenvalue weighted by Gasteiger charge is 2.10. The summed E-state index contributed by atoms with van der Waals surface area (Å²) in [5, 5.41) is 8.60. The van der Waals surface area contributed by atoms with Crippen LogP contribution in [0.3, 0.4) is 0 Å². The second-order valence-electron chi connectivity index (χ2n) is 6.29. The number of carboxylic acid groups (broad SMARTS) is 1. The molecule has 0 unspecified atom stereocenters. The van der Waals surface area contributed by atoms with Crippen LogP contribution in [0, 0.1) is 6.92 Å². The highest BCUT2D eigenvalue weighted by molar-refractivity contribution is 5.75. The SMILES string of the molecule is Cc1ccccc1OCCCC(=O)N(C)Cc1ccc(OCC(=O)O)cc1. The molecule has 0 heterocycles. The Morgan fingerprint density at radius 2 is 1.74 bits per heavy atom. The minimum Gasteiger partial charge on any atom is -0.493 e. The number of carbonyl (C=O) groups is 2. The van der Waals surface area contributed by atoms with Crippen molar-refractivity contribution in [3.8, 4) is 11.5 Å². The van der Waals surface area contributed by atoms with Gasteiger partial charge in [-0.3, -0.25) is 4.79 Å². The van der Waals surface area contributed by atoms with Crippen molar-refractivity contribution < 1.29 is 24.2 Å². The number of benzene rings is 2. The summed E-state index contributed by atoms with van der Waals surface area (Å²) in [6.45, 7) is 2.60. The lowest BCUT2D eigenvalue weighted by molar-refractivity contribution is -0.139. The minimum atomic E-state index is -1.02. The number of rotatable bonds is 10. The van der Waals surface area contributed by atoms with Crippen molar-refractivity contribution >= 4 is 11.9 Å². The molecule has 0 fully saturated rings. The summed E-state index contributed by atoms with van der Waals surface area (Å²) < 4.78 is 10.8. The number of aryl methyl sites for hydroxylation is 1. The van der Waals surface area contributed by atoms with Crippen molar-refractivity contribution in [3.05, 3.63) is 59.7 Å². The van der Waals surface area contributed by atoms with E-state index in [1.165, 1.54) is 0 Å². The fourth-order valence-electron chi connectivity index (χ4n) is 2.51. The molecule has 0 aliphatic heterocycles. The van der Waals surface area contributed by atoms with Gasteiger partial charge in [-0.2, -0.15) is 0 Å². The van der Waals surface area contributed by atoms with Gasteiger partial charge in [-0.25, -0.2) is 4.79 Å². The Kier molecular flexibility index (Phi) is 7.67. The van der Waals surface area contributed by atoms with Crippen molar-refractivity contribution in [2.24, 2.45) is 0 Å². The fraction of sp³-hybridized carbons (Fsp3) is 0.333. The second kappa shape index (κ2) is 10.2. The van der Waals surface area contributed by atoms with Gasteiger partial charge in [-0.05, 0) is 42.7 Å². The molecule has 0 spiro atoms. The first-order valence-electron chi connectivity index (χ1n) is 8.81. The quantitative estimate of drug-likeness (QED) is 0.649. The summed E-state index contributed by atoms with van der Waals surface area (Å²) in [4.78, 5) is 24.4. The van der Waals surface area contributed by atoms with Gasteiger partial charge in [-0.15, -0.1) is 0 Å². The molecule has 144 valence electrons. The van der Waals surface area contributed by atoms with Crippen LogP contribution in [0.25, 0.3) is 0 Å². The molecule has 0 bridgehead atoms. The van der Waals surface area contributed by atoms with Gasteiger partial charge in [0.15, 0.2) is 6.61 Å². The molecular weight excluding hydrogens is 346 g/mol. The van der Waals surface area contributed by atoms with Gasteiger partial charge >= 0.3 is 5.97 Å². The van der Waals surface area contributed by atoms with Gasteiger partial charge in [0.2, 0.25) is 5.91 Å². The minimum absolute atomic E-state index is 0.0505. The van der Waals surface area contributed by atoms with Crippen LogP contribution in [0.2, 0.25) is 0 Å². The Hall–Kier alpha value is -3.02. The summed E-state index contributed by atoms with van der Waals surface area (Å²) in [5.74, 6) is 0.373. The van der Waals surface area contributed by atoms with E-state index in [1.54, 1.807) is 24.1 Å². The Morgan fingerprint density at radius 1 is 1.04 bits per heavy atom. The molecule has 0 saturated carbocycles. The van der Waals surface area contributed by atoms with Crippen molar-refractivity contribution in [3.63, 3.8) is 0 Å². The zero-order valence-corrected chi connectivity index (χ0v) is 15.7. The smallest absolute Gasteiger partial charge is 0.341 e. The molecule has 0 radical (unpaired) electrons. The van der Waals surface area contributed by atoms with Crippen LogP contribution in [0.1, 0.15) is 24.0 Å². The Balaban J connectivity index is 1.71. The third-order valence-electron chi connectivity index (χ3n) is 4.02. The van der Waals surface area contributed by atoms with Crippen molar-refractivity contribution in [2.45, 2.75) is 26.3 Å². The lowest BCUT2D eigenvalue weighted by Crippen LogP contribution is -2.26. The van der Waals surface area contributed by atoms with Crippen LogP contribution < -0.4 is 9.47 Å². The summed E-state index contributed by atoms with van der Waals surface area (Å²) >= 11 is 0. The highest BCUT2D eigenvalue weighted by Crippen LogP contribution is 2.17. The molecule has 1 N–H and O–H groups in total. The summed E-state index contributed by atoms with van der Waals surface area (Å²) in [6, 6.07) is 14.9. The first-order valence-corrected chi connectivity index (χ1v) is 8.81. The van der Waals surface area contributed by atoms with E-state index in [1.807, 2.05) is 43.3 Å². The van der Waals surface area contributed by atoms with E-state index in [-0.39, 0.29) is 12.5 Å². The second-order valence-corrected chi connectivity index (χ2v) is 6.29. The largest absolute Gasteiger partial charge is 0.493 e. The number of aliphatic carboxylic acids is 1. The van der Waals surface area contributed by atoms with E-state index < -0.39 is 5.97 Å².